The van der Waals surface area contributed by atoms with Crippen LogP contribution >= 0.6 is 31.9 Å². The van der Waals surface area contributed by atoms with Crippen molar-refractivity contribution in [2.75, 3.05) is 33.5 Å². The fourth-order valence-corrected chi connectivity index (χ4v) is 3.20. The van der Waals surface area contributed by atoms with E-state index in [1.54, 1.807) is 7.11 Å². The molecule has 0 atom stereocenters. The van der Waals surface area contributed by atoms with Crippen molar-refractivity contribution in [1.82, 2.24) is 4.73 Å². The topological polar surface area (TPSA) is 32.6 Å². The van der Waals surface area contributed by atoms with Crippen molar-refractivity contribution in [3.63, 3.8) is 0 Å². The van der Waals surface area contributed by atoms with Crippen LogP contribution in [0.15, 0.2) is 45.3 Å². The summed E-state index contributed by atoms with van der Waals surface area (Å²) in [5.74, 6) is 0. The Kier molecular flexibility index (Phi) is 5.58. The molecule has 0 aliphatic carbocycles. The number of rotatable bonds is 7. The average molecular weight is 443 g/mol. The Morgan fingerprint density at radius 3 is 1.96 bits per heavy atom. The molecule has 0 radical (unpaired) electrons. The Bertz CT molecular complexity index is 757. The van der Waals surface area contributed by atoms with Crippen molar-refractivity contribution in [1.29, 1.82) is 0 Å². The molecular weight excluding hydrogens is 426 g/mol. The van der Waals surface area contributed by atoms with Crippen LogP contribution in [0.5, 0.6) is 0 Å². The monoisotopic (exact) mass is 441 g/mol. The molecule has 0 aliphatic heterocycles. The third kappa shape index (κ3) is 3.71. The van der Waals surface area contributed by atoms with Crippen LogP contribution in [0.1, 0.15) is 0 Å². The number of hydrogen-bond donors (Lipinski definition) is 0. The molecule has 0 bridgehead atoms. The molecule has 0 amide bonds. The van der Waals surface area contributed by atoms with Gasteiger partial charge in [-0.3, -0.25) is 0 Å². The normalized spacial score (nSPS) is 11.4. The molecule has 1 aromatic heterocycles. The smallest absolute Gasteiger partial charge is 0.138 e. The average Bonchev–Trinajstić information content (AvgIpc) is 2.83. The van der Waals surface area contributed by atoms with E-state index in [1.807, 2.05) is 16.9 Å². The maximum Gasteiger partial charge on any atom is 0.138 e. The van der Waals surface area contributed by atoms with Crippen LogP contribution in [0.4, 0.5) is 0 Å². The summed E-state index contributed by atoms with van der Waals surface area (Å²) in [6.07, 6.45) is 0. The van der Waals surface area contributed by atoms with E-state index < -0.39 is 0 Å². The first-order valence-electron chi connectivity index (χ1n) is 7.30. The van der Waals surface area contributed by atoms with Crippen LogP contribution in [0.3, 0.4) is 0 Å². The SMILES string of the molecule is COCCOCCOn1c2cc(Br)ccc2c2ccc(Br)cc21. The molecule has 0 spiro atoms. The fraction of sp³-hybridized carbons (Fsp3) is 0.294. The van der Waals surface area contributed by atoms with E-state index in [0.717, 1.165) is 30.8 Å². The summed E-state index contributed by atoms with van der Waals surface area (Å²) >= 11 is 7.06. The highest BCUT2D eigenvalue weighted by atomic mass is 79.9. The minimum Gasteiger partial charge on any atom is -0.411 e. The first kappa shape index (κ1) is 16.8. The van der Waals surface area contributed by atoms with Gasteiger partial charge >= 0.3 is 0 Å². The van der Waals surface area contributed by atoms with Gasteiger partial charge in [0, 0.05) is 26.8 Å². The second-order valence-electron chi connectivity index (χ2n) is 5.06. The maximum atomic E-state index is 5.97. The largest absolute Gasteiger partial charge is 0.411 e. The lowest BCUT2D eigenvalue weighted by atomic mass is 10.2. The zero-order valence-electron chi connectivity index (χ0n) is 12.7. The van der Waals surface area contributed by atoms with E-state index in [2.05, 4.69) is 56.1 Å². The minimum atomic E-state index is 0.474. The van der Waals surface area contributed by atoms with Gasteiger partial charge in [-0.2, -0.15) is 4.73 Å². The predicted molar refractivity (Wildman–Crippen MR) is 99.0 cm³/mol. The van der Waals surface area contributed by atoms with Gasteiger partial charge in [-0.05, 0) is 24.3 Å². The Labute approximate surface area is 151 Å². The van der Waals surface area contributed by atoms with Crippen LogP contribution in [-0.2, 0) is 9.47 Å². The molecule has 0 unspecified atom stereocenters. The lowest BCUT2D eigenvalue weighted by molar-refractivity contribution is 0.0248. The minimum absolute atomic E-state index is 0.474. The number of nitrogens with zero attached hydrogens (tertiary/aromatic N) is 1. The Hall–Kier alpha value is -1.08. The van der Waals surface area contributed by atoms with Gasteiger partial charge in [0.05, 0.1) is 30.9 Å². The Morgan fingerprint density at radius 2 is 1.39 bits per heavy atom. The molecule has 0 saturated carbocycles. The van der Waals surface area contributed by atoms with E-state index in [1.165, 1.54) is 0 Å². The first-order chi connectivity index (χ1) is 11.2. The van der Waals surface area contributed by atoms with E-state index >= 15 is 0 Å². The zero-order valence-corrected chi connectivity index (χ0v) is 15.9. The molecule has 1 heterocycles. The van der Waals surface area contributed by atoms with Crippen molar-refractivity contribution >= 4 is 53.7 Å². The zero-order chi connectivity index (χ0) is 16.2. The van der Waals surface area contributed by atoms with Gasteiger partial charge in [0.2, 0.25) is 0 Å². The number of aromatic nitrogens is 1. The van der Waals surface area contributed by atoms with Crippen molar-refractivity contribution < 1.29 is 14.3 Å². The maximum absolute atomic E-state index is 5.97. The van der Waals surface area contributed by atoms with Crippen molar-refractivity contribution in [2.24, 2.45) is 0 Å². The molecule has 23 heavy (non-hydrogen) atoms. The highest BCUT2D eigenvalue weighted by Crippen LogP contribution is 2.31. The summed E-state index contributed by atoms with van der Waals surface area (Å²) in [6.45, 7) is 2.16. The highest BCUT2D eigenvalue weighted by Gasteiger charge is 2.12. The van der Waals surface area contributed by atoms with Gasteiger partial charge in [-0.1, -0.05) is 44.0 Å². The highest BCUT2D eigenvalue weighted by molar-refractivity contribution is 9.10. The fourth-order valence-electron chi connectivity index (χ4n) is 2.50. The second-order valence-corrected chi connectivity index (χ2v) is 6.89. The molecule has 0 fully saturated rings. The molecule has 122 valence electrons. The summed E-state index contributed by atoms with van der Waals surface area (Å²) in [4.78, 5) is 5.97. The van der Waals surface area contributed by atoms with Crippen molar-refractivity contribution in [3.8, 4) is 0 Å². The van der Waals surface area contributed by atoms with Crippen LogP contribution in [0.25, 0.3) is 21.8 Å². The first-order valence-corrected chi connectivity index (χ1v) is 8.88. The standard InChI is InChI=1S/C17H17Br2NO3/c1-21-6-7-22-8-9-23-20-16-10-12(18)2-4-14(16)15-5-3-13(19)11-17(15)20/h2-5,10-11H,6-9H2,1H3. The van der Waals surface area contributed by atoms with E-state index in [4.69, 9.17) is 14.3 Å². The number of fused-ring (bicyclic) bond motifs is 3. The number of methoxy groups -OCH3 is 1. The van der Waals surface area contributed by atoms with Gasteiger partial charge in [0.1, 0.15) is 6.61 Å². The van der Waals surface area contributed by atoms with Gasteiger partial charge in [-0.15, -0.1) is 0 Å². The van der Waals surface area contributed by atoms with Crippen molar-refractivity contribution in [3.05, 3.63) is 45.3 Å². The van der Waals surface area contributed by atoms with Crippen LogP contribution in [0, 0.1) is 0 Å². The molecule has 2 aromatic carbocycles. The van der Waals surface area contributed by atoms with Crippen molar-refractivity contribution in [2.45, 2.75) is 0 Å². The lowest BCUT2D eigenvalue weighted by Crippen LogP contribution is -2.17. The summed E-state index contributed by atoms with van der Waals surface area (Å²) in [5, 5.41) is 2.33. The number of hydrogen-bond acceptors (Lipinski definition) is 3. The molecular formula is C17H17Br2NO3. The predicted octanol–water partition coefficient (Wildman–Crippen LogP) is 4.41. The van der Waals surface area contributed by atoms with Gasteiger partial charge in [0.25, 0.3) is 0 Å². The molecule has 0 N–H and O–H groups in total. The molecule has 4 nitrogen and oxygen atoms in total. The Balaban J connectivity index is 1.89. The lowest BCUT2D eigenvalue weighted by Gasteiger charge is -2.10. The number of benzene rings is 2. The van der Waals surface area contributed by atoms with E-state index in [9.17, 15) is 0 Å². The molecule has 0 aliphatic rings. The Morgan fingerprint density at radius 1 is 0.826 bits per heavy atom. The van der Waals surface area contributed by atoms with E-state index in [0.29, 0.717) is 26.4 Å². The van der Waals surface area contributed by atoms with Gasteiger partial charge in [0.15, 0.2) is 0 Å². The van der Waals surface area contributed by atoms with Crippen LogP contribution in [0.2, 0.25) is 0 Å². The van der Waals surface area contributed by atoms with Gasteiger partial charge in [-0.25, -0.2) is 0 Å². The summed E-state index contributed by atoms with van der Waals surface area (Å²) < 4.78 is 14.3. The number of halogens is 2. The summed E-state index contributed by atoms with van der Waals surface area (Å²) in [5.41, 5.74) is 2.06. The quantitative estimate of drug-likeness (QED) is 0.508. The second kappa shape index (κ2) is 7.66. The summed E-state index contributed by atoms with van der Waals surface area (Å²) in [7, 11) is 1.66. The molecule has 3 rings (SSSR count). The molecule has 3 aromatic rings. The van der Waals surface area contributed by atoms with Crippen LogP contribution < -0.4 is 4.84 Å². The number of ether oxygens (including phenoxy) is 2. The van der Waals surface area contributed by atoms with Gasteiger partial charge < -0.3 is 14.3 Å². The summed E-state index contributed by atoms with van der Waals surface area (Å²) in [6, 6.07) is 12.4. The third-order valence-corrected chi connectivity index (χ3v) is 4.51. The third-order valence-electron chi connectivity index (χ3n) is 3.53. The molecule has 0 saturated heterocycles. The van der Waals surface area contributed by atoms with E-state index in [-0.39, 0.29) is 0 Å². The molecule has 6 heteroatoms. The van der Waals surface area contributed by atoms with Crippen LogP contribution in [-0.4, -0.2) is 38.3 Å².